The minimum absolute atomic E-state index is 0.231. The molecule has 0 N–H and O–H groups in total. The van der Waals surface area contributed by atoms with Crippen molar-refractivity contribution < 1.29 is 4.39 Å². The molecular formula is C29H30FN3. The highest BCUT2D eigenvalue weighted by molar-refractivity contribution is 5.98. The van der Waals surface area contributed by atoms with E-state index in [4.69, 9.17) is 4.99 Å². The van der Waals surface area contributed by atoms with Gasteiger partial charge in [0.05, 0.1) is 11.7 Å². The van der Waals surface area contributed by atoms with Crippen molar-refractivity contribution in [1.82, 2.24) is 4.90 Å². The predicted molar refractivity (Wildman–Crippen MR) is 136 cm³/mol. The maximum absolute atomic E-state index is 13.4. The van der Waals surface area contributed by atoms with Gasteiger partial charge < -0.3 is 9.80 Å². The topological polar surface area (TPSA) is 18.8 Å². The van der Waals surface area contributed by atoms with E-state index in [0.29, 0.717) is 0 Å². The Morgan fingerprint density at radius 2 is 1.73 bits per heavy atom. The molecule has 3 aromatic carbocycles. The molecule has 0 aromatic heterocycles. The third-order valence-electron chi connectivity index (χ3n) is 6.78. The smallest absolute Gasteiger partial charge is 0.123 e. The van der Waals surface area contributed by atoms with Crippen LogP contribution in [-0.2, 0) is 0 Å². The number of hydrogen-bond acceptors (Lipinski definition) is 3. The molecule has 1 saturated carbocycles. The summed E-state index contributed by atoms with van der Waals surface area (Å²) in [7, 11) is 2.00. The first-order valence-corrected chi connectivity index (χ1v) is 11.8. The molecule has 0 spiro atoms. The average molecular weight is 440 g/mol. The van der Waals surface area contributed by atoms with Gasteiger partial charge in [0.25, 0.3) is 0 Å². The van der Waals surface area contributed by atoms with Gasteiger partial charge in [-0.05, 0) is 60.4 Å². The lowest BCUT2D eigenvalue weighted by Crippen LogP contribution is -2.35. The number of anilines is 2. The predicted octanol–water partition coefficient (Wildman–Crippen LogP) is 7.86. The highest BCUT2D eigenvalue weighted by atomic mass is 19.1. The van der Waals surface area contributed by atoms with E-state index >= 15 is 0 Å². The summed E-state index contributed by atoms with van der Waals surface area (Å²) in [5.41, 5.74) is 6.28. The van der Waals surface area contributed by atoms with E-state index in [1.54, 1.807) is 12.1 Å². The van der Waals surface area contributed by atoms with Crippen LogP contribution in [0, 0.1) is 11.7 Å². The second kappa shape index (κ2) is 8.86. The Labute approximate surface area is 195 Å². The van der Waals surface area contributed by atoms with Gasteiger partial charge in [-0.15, -0.1) is 0 Å². The number of nitrogens with zero attached hydrogens (tertiary/aromatic N) is 3. The SMILES string of the molecule is C=C1c2cc(N(C)c3ccc(F)cc3)ccc2N=C(CC)N1C(CC1CC1)c1ccccc1. The Hall–Kier alpha value is -3.40. The Morgan fingerprint density at radius 1 is 1.03 bits per heavy atom. The third-order valence-corrected chi connectivity index (χ3v) is 6.78. The maximum atomic E-state index is 13.4. The number of aliphatic imine (C=N–C) groups is 1. The van der Waals surface area contributed by atoms with Crippen LogP contribution in [0.1, 0.15) is 49.8 Å². The zero-order chi connectivity index (χ0) is 22.9. The van der Waals surface area contributed by atoms with Crippen molar-refractivity contribution in [1.29, 1.82) is 0 Å². The van der Waals surface area contributed by atoms with Gasteiger partial charge in [-0.1, -0.05) is 56.7 Å². The molecular weight excluding hydrogens is 409 g/mol. The molecule has 0 amide bonds. The Morgan fingerprint density at radius 3 is 2.39 bits per heavy atom. The molecule has 4 heteroatoms. The van der Waals surface area contributed by atoms with Gasteiger partial charge in [-0.2, -0.15) is 0 Å². The van der Waals surface area contributed by atoms with Crippen LogP contribution >= 0.6 is 0 Å². The molecule has 5 rings (SSSR count). The lowest BCUT2D eigenvalue weighted by molar-refractivity contribution is 0.379. The van der Waals surface area contributed by atoms with Gasteiger partial charge in [-0.25, -0.2) is 9.38 Å². The minimum atomic E-state index is -0.231. The lowest BCUT2D eigenvalue weighted by atomic mass is 9.95. The fraction of sp³-hybridized carbons (Fsp3) is 0.276. The normalized spacial score (nSPS) is 16.3. The number of halogens is 1. The highest BCUT2D eigenvalue weighted by Crippen LogP contribution is 2.46. The number of benzene rings is 3. The molecule has 33 heavy (non-hydrogen) atoms. The number of rotatable bonds is 7. The summed E-state index contributed by atoms with van der Waals surface area (Å²) in [6.45, 7) is 6.74. The molecule has 168 valence electrons. The molecule has 2 aliphatic rings. The molecule has 1 unspecified atom stereocenters. The first-order valence-electron chi connectivity index (χ1n) is 11.8. The lowest BCUT2D eigenvalue weighted by Gasteiger charge is -2.39. The maximum Gasteiger partial charge on any atom is 0.123 e. The monoisotopic (exact) mass is 439 g/mol. The second-order valence-corrected chi connectivity index (χ2v) is 9.04. The molecule has 3 aromatic rings. The van der Waals surface area contributed by atoms with E-state index in [-0.39, 0.29) is 11.9 Å². The first-order chi connectivity index (χ1) is 16.0. The molecule has 1 fully saturated rings. The van der Waals surface area contributed by atoms with Crippen molar-refractivity contribution in [3.63, 3.8) is 0 Å². The van der Waals surface area contributed by atoms with Crippen molar-refractivity contribution in [3.05, 3.63) is 96.3 Å². The number of amidine groups is 1. The fourth-order valence-corrected chi connectivity index (χ4v) is 4.71. The van der Waals surface area contributed by atoms with E-state index in [9.17, 15) is 4.39 Å². The summed E-state index contributed by atoms with van der Waals surface area (Å²) in [6, 6.07) is 23.9. The van der Waals surface area contributed by atoms with Crippen molar-refractivity contribution in [2.75, 3.05) is 11.9 Å². The fourth-order valence-electron chi connectivity index (χ4n) is 4.71. The Balaban J connectivity index is 1.53. The van der Waals surface area contributed by atoms with Crippen molar-refractivity contribution >= 4 is 28.6 Å². The van der Waals surface area contributed by atoms with Gasteiger partial charge in [0, 0.05) is 36.1 Å². The Kier molecular flexibility index (Phi) is 5.76. The van der Waals surface area contributed by atoms with Crippen LogP contribution in [0.5, 0.6) is 0 Å². The van der Waals surface area contributed by atoms with Crippen molar-refractivity contribution in [2.45, 2.75) is 38.6 Å². The molecule has 1 atom stereocenters. The van der Waals surface area contributed by atoms with E-state index < -0.39 is 0 Å². The van der Waals surface area contributed by atoms with Gasteiger partial charge >= 0.3 is 0 Å². The van der Waals surface area contributed by atoms with Gasteiger partial charge in [0.15, 0.2) is 0 Å². The quantitative estimate of drug-likeness (QED) is 0.373. The van der Waals surface area contributed by atoms with E-state index in [1.807, 2.05) is 7.05 Å². The van der Waals surface area contributed by atoms with Crippen molar-refractivity contribution in [2.24, 2.45) is 10.9 Å². The summed E-state index contributed by atoms with van der Waals surface area (Å²) in [6.07, 6.45) is 4.59. The standard InChI is InChI=1S/C29H30FN3/c1-4-29-31-27-17-16-25(32(3)24-14-12-23(30)13-15-24)19-26(27)20(2)33(29)28(18-21-10-11-21)22-8-6-5-7-9-22/h5-9,12-17,19,21,28H,2,4,10-11,18H2,1,3H3. The largest absolute Gasteiger partial charge is 0.345 e. The molecule has 0 saturated heterocycles. The zero-order valence-corrected chi connectivity index (χ0v) is 19.3. The Bertz CT molecular complexity index is 1180. The average Bonchev–Trinajstić information content (AvgIpc) is 3.67. The molecule has 1 aliphatic carbocycles. The van der Waals surface area contributed by atoms with E-state index in [1.165, 1.54) is 30.5 Å². The van der Waals surface area contributed by atoms with E-state index in [0.717, 1.165) is 52.9 Å². The minimum Gasteiger partial charge on any atom is -0.345 e. The zero-order valence-electron chi connectivity index (χ0n) is 19.3. The van der Waals surface area contributed by atoms with Gasteiger partial charge in [-0.3, -0.25) is 0 Å². The second-order valence-electron chi connectivity index (χ2n) is 9.04. The highest BCUT2D eigenvalue weighted by Gasteiger charge is 2.34. The summed E-state index contributed by atoms with van der Waals surface area (Å²) < 4.78 is 13.4. The summed E-state index contributed by atoms with van der Waals surface area (Å²) >= 11 is 0. The molecule has 0 bridgehead atoms. The van der Waals surface area contributed by atoms with Crippen LogP contribution in [-0.4, -0.2) is 17.8 Å². The van der Waals surface area contributed by atoms with E-state index in [2.05, 4.69) is 71.8 Å². The summed E-state index contributed by atoms with van der Waals surface area (Å²) in [4.78, 5) is 9.51. The van der Waals surface area contributed by atoms with Crippen LogP contribution in [0.3, 0.4) is 0 Å². The summed E-state index contributed by atoms with van der Waals surface area (Å²) in [5, 5.41) is 0. The number of fused-ring (bicyclic) bond motifs is 1. The van der Waals surface area contributed by atoms with Crippen LogP contribution in [0.4, 0.5) is 21.5 Å². The van der Waals surface area contributed by atoms with Gasteiger partial charge in [0.1, 0.15) is 11.7 Å². The number of hydrogen-bond donors (Lipinski definition) is 0. The van der Waals surface area contributed by atoms with Gasteiger partial charge in [0.2, 0.25) is 0 Å². The van der Waals surface area contributed by atoms with Crippen LogP contribution in [0.25, 0.3) is 5.70 Å². The van der Waals surface area contributed by atoms with Crippen molar-refractivity contribution in [3.8, 4) is 0 Å². The first kappa shape index (κ1) is 21.4. The third kappa shape index (κ3) is 4.30. The van der Waals surface area contributed by atoms with Crippen LogP contribution < -0.4 is 4.90 Å². The molecule has 3 nitrogen and oxygen atoms in total. The molecule has 1 aliphatic heterocycles. The van der Waals surface area contributed by atoms with Crippen LogP contribution in [0.2, 0.25) is 0 Å². The molecule has 0 radical (unpaired) electrons. The summed E-state index contributed by atoms with van der Waals surface area (Å²) in [5.74, 6) is 1.62. The molecule has 1 heterocycles. The van der Waals surface area contributed by atoms with Crippen LogP contribution in [0.15, 0.2) is 84.4 Å².